The van der Waals surface area contributed by atoms with E-state index in [4.69, 9.17) is 4.98 Å². The van der Waals surface area contributed by atoms with Crippen molar-refractivity contribution in [3.63, 3.8) is 0 Å². The summed E-state index contributed by atoms with van der Waals surface area (Å²) in [5.74, 6) is 0.286. The summed E-state index contributed by atoms with van der Waals surface area (Å²) in [4.78, 5) is 18.4. The third kappa shape index (κ3) is 8.16. The molecule has 0 saturated heterocycles. The second-order valence-electron chi connectivity index (χ2n) is 15.5. The zero-order valence-electron chi connectivity index (χ0n) is 32.7. The second-order valence-corrected chi connectivity index (χ2v) is 17.5. The van der Waals surface area contributed by atoms with Crippen LogP contribution in [-0.4, -0.2) is 15.9 Å². The molecular weight excluding hydrogens is 855 g/mol. The van der Waals surface area contributed by atoms with Crippen LogP contribution in [0.15, 0.2) is 78.0 Å². The Kier molecular flexibility index (Phi) is 13.2. The zero-order chi connectivity index (χ0) is 37.3. The second kappa shape index (κ2) is 16.5. The molecule has 3 aromatic heterocycles. The zero-order valence-corrected chi connectivity index (χ0v) is 36.7. The van der Waals surface area contributed by atoms with Gasteiger partial charge in [-0.2, -0.15) is 0 Å². The topological polar surface area (TPSA) is 50.2 Å². The Labute approximate surface area is 333 Å². The van der Waals surface area contributed by atoms with Crippen LogP contribution in [0.1, 0.15) is 105 Å². The molecule has 1 radical (unpaired) electrons. The smallest absolute Gasteiger partial charge is 0.164 e. The maximum atomic E-state index is 12.2. The molecule has 0 atom stereocenters. The van der Waals surface area contributed by atoms with Crippen LogP contribution in [0.4, 0.5) is 0 Å². The predicted molar refractivity (Wildman–Crippen MR) is 223 cm³/mol. The molecule has 6 aromatic rings. The van der Waals surface area contributed by atoms with E-state index in [9.17, 15) is 9.90 Å². The molecule has 6 heteroatoms. The third-order valence-electron chi connectivity index (χ3n) is 11.3. The summed E-state index contributed by atoms with van der Waals surface area (Å²) < 4.78 is 2.59. The number of nitrogens with zero attached hydrogens (tertiary/aromatic N) is 1. The quantitative estimate of drug-likeness (QED) is 0.0893. The van der Waals surface area contributed by atoms with Gasteiger partial charge in [-0.25, -0.2) is 0 Å². The van der Waals surface area contributed by atoms with E-state index in [-0.39, 0.29) is 47.9 Å². The number of carbonyl (C=O) groups is 1. The maximum Gasteiger partial charge on any atom is 0.164 e. The van der Waals surface area contributed by atoms with Crippen LogP contribution in [0.2, 0.25) is 0 Å². The van der Waals surface area contributed by atoms with E-state index >= 15 is 0 Å². The average molecular weight is 909 g/mol. The first-order valence-electron chi connectivity index (χ1n) is 18.4. The fraction of sp³-hybridized carbons (Fsp3) is 0.391. The van der Waals surface area contributed by atoms with Crippen LogP contribution in [-0.2, 0) is 30.3 Å². The van der Waals surface area contributed by atoms with Crippen molar-refractivity contribution < 1.29 is 30.0 Å². The first-order chi connectivity index (χ1) is 24.1. The van der Waals surface area contributed by atoms with Gasteiger partial charge in [-0.3, -0.25) is 9.78 Å². The van der Waals surface area contributed by atoms with Gasteiger partial charge in [0.1, 0.15) is 5.76 Å². The number of allylic oxidation sites excluding steroid dienone is 2. The van der Waals surface area contributed by atoms with E-state index in [0.29, 0.717) is 0 Å². The molecule has 52 heavy (non-hydrogen) atoms. The Morgan fingerprint density at radius 3 is 2.13 bits per heavy atom. The summed E-state index contributed by atoms with van der Waals surface area (Å²) in [7, 11) is 0. The predicted octanol–water partition coefficient (Wildman–Crippen LogP) is 14.4. The number of rotatable bonds is 9. The van der Waals surface area contributed by atoms with Crippen molar-refractivity contribution in [1.82, 2.24) is 4.98 Å². The van der Waals surface area contributed by atoms with Crippen molar-refractivity contribution in [2.45, 2.75) is 107 Å². The molecule has 1 N–H and O–H groups in total. The maximum absolute atomic E-state index is 12.2. The minimum atomic E-state index is -0.337. The fourth-order valence-corrected chi connectivity index (χ4v) is 8.86. The van der Waals surface area contributed by atoms with Gasteiger partial charge in [0.05, 0.1) is 0 Å². The summed E-state index contributed by atoms with van der Waals surface area (Å²) in [6.45, 7) is 23.4. The molecule has 0 aliphatic heterocycles. The number of ketones is 1. The number of aliphatic hydroxyl groups excluding tert-OH is 1. The Bertz CT molecular complexity index is 2220. The van der Waals surface area contributed by atoms with Gasteiger partial charge in [0.15, 0.2) is 5.78 Å². The van der Waals surface area contributed by atoms with Crippen molar-refractivity contribution in [2.75, 3.05) is 0 Å². The minimum Gasteiger partial charge on any atom is -0.512 e. The number of aryl methyl sites for hydroxylation is 2. The molecule has 0 spiro atoms. The van der Waals surface area contributed by atoms with E-state index in [2.05, 4.69) is 101 Å². The molecule has 0 fully saturated rings. The monoisotopic (exact) mass is 909 g/mol. The van der Waals surface area contributed by atoms with Crippen LogP contribution in [0.5, 0.6) is 0 Å². The first kappa shape index (κ1) is 41.6. The van der Waals surface area contributed by atoms with Gasteiger partial charge >= 0.3 is 0 Å². The Morgan fingerprint density at radius 1 is 0.846 bits per heavy atom. The normalized spacial score (nSPS) is 12.6. The van der Waals surface area contributed by atoms with Gasteiger partial charge in [-0.15, -0.1) is 51.8 Å². The molecule has 0 unspecified atom stereocenters. The van der Waals surface area contributed by atoms with E-state index in [0.717, 1.165) is 42.3 Å². The third-order valence-corrected chi connectivity index (χ3v) is 13.8. The molecule has 0 aliphatic carbocycles. The fourth-order valence-electron chi connectivity index (χ4n) is 6.58. The Morgan fingerprint density at radius 2 is 1.50 bits per heavy atom. The number of hydrogen-bond donors (Lipinski definition) is 1. The van der Waals surface area contributed by atoms with Crippen LogP contribution < -0.4 is 0 Å². The van der Waals surface area contributed by atoms with Crippen LogP contribution in [0.3, 0.4) is 0 Å². The molecule has 3 nitrogen and oxygen atoms in total. The number of benzene rings is 3. The minimum absolute atomic E-state index is 0. The van der Waals surface area contributed by atoms with E-state index < -0.39 is 0 Å². The summed E-state index contributed by atoms with van der Waals surface area (Å²) in [5.41, 5.74) is 6.84. The molecule has 0 bridgehead atoms. The number of fused-ring (bicyclic) bond motifs is 3. The number of aliphatic hydroxyl groups is 1. The largest absolute Gasteiger partial charge is 0.512 e. The van der Waals surface area contributed by atoms with Crippen LogP contribution in [0, 0.1) is 30.7 Å². The SMILES string of the molecule is CCC(C)(CC)C(=O)/C=C(\O)C(C)(CC)CC.Cc1csc2cc(-c3sc4c(-c5[c-]c6ccccc6c(C(C)(C)C)c5)nccc4c3C)ccc12.[Ir]. The number of aromatic nitrogens is 1. The summed E-state index contributed by atoms with van der Waals surface area (Å²) >= 11 is 3.68. The van der Waals surface area contributed by atoms with E-state index in [1.165, 1.54) is 58.8 Å². The van der Waals surface area contributed by atoms with Gasteiger partial charge < -0.3 is 5.11 Å². The average Bonchev–Trinajstić information content (AvgIpc) is 3.68. The molecule has 6 rings (SSSR count). The van der Waals surface area contributed by atoms with Crippen molar-refractivity contribution in [2.24, 2.45) is 10.8 Å². The standard InChI is InChI=1S/C31H26NS2.C15H28O2.Ir/c1-18-17-33-27-16-21(10-11-23(18)27)29-19(2)24-12-13-32-28(30(24)34-29)22-14-20-8-6-7-9-25(20)26(15-22)31(3,4)5;1-7-14(5,8-2)12(16)11-13(17)15(6,9-3)10-4;/h6-13,15-17H,1-5H3;11,16H,7-10H2,1-6H3;/q-1;;/b;12-11-;. The van der Waals surface area contributed by atoms with Gasteiger partial charge in [-0.1, -0.05) is 104 Å². The Hall–Kier alpha value is -3.15. The molecule has 0 aliphatic rings. The molecule has 277 valence electrons. The molecular formula is C46H54IrNO2S2-. The van der Waals surface area contributed by atoms with Crippen molar-refractivity contribution in [3.8, 4) is 21.7 Å². The van der Waals surface area contributed by atoms with E-state index in [1.807, 2.05) is 70.4 Å². The van der Waals surface area contributed by atoms with E-state index in [1.54, 1.807) is 0 Å². The van der Waals surface area contributed by atoms with Crippen molar-refractivity contribution in [3.05, 3.63) is 101 Å². The van der Waals surface area contributed by atoms with Gasteiger partial charge in [0.2, 0.25) is 0 Å². The van der Waals surface area contributed by atoms with Crippen LogP contribution in [0.25, 0.3) is 52.6 Å². The number of carbonyl (C=O) groups excluding carboxylic acids is 1. The van der Waals surface area contributed by atoms with Crippen molar-refractivity contribution >= 4 is 59.4 Å². The molecule has 3 heterocycles. The summed E-state index contributed by atoms with van der Waals surface area (Å²) in [6, 6.07) is 23.6. The number of hydrogen-bond acceptors (Lipinski definition) is 5. The molecule has 0 saturated carbocycles. The van der Waals surface area contributed by atoms with Crippen molar-refractivity contribution in [1.29, 1.82) is 0 Å². The number of thiophene rings is 2. The molecule has 0 amide bonds. The summed E-state index contributed by atoms with van der Waals surface area (Å²) in [6.07, 6.45) is 6.71. The molecule has 3 aromatic carbocycles. The van der Waals surface area contributed by atoms with Gasteiger partial charge in [-0.05, 0) is 89.9 Å². The summed E-state index contributed by atoms with van der Waals surface area (Å²) in [5, 5.41) is 17.4. The van der Waals surface area contributed by atoms with Gasteiger partial charge in [0.25, 0.3) is 0 Å². The Balaban J connectivity index is 0.000000289. The van der Waals surface area contributed by atoms with Crippen LogP contribution >= 0.6 is 22.7 Å². The number of pyridine rings is 1. The first-order valence-corrected chi connectivity index (χ1v) is 20.1. The van der Waals surface area contributed by atoms with Gasteiger partial charge in [0, 0.05) is 63.2 Å².